The van der Waals surface area contributed by atoms with Crippen LogP contribution >= 0.6 is 0 Å². The summed E-state index contributed by atoms with van der Waals surface area (Å²) < 4.78 is 5.19. The van der Waals surface area contributed by atoms with E-state index in [4.69, 9.17) is 4.74 Å². The molecule has 1 aromatic heterocycles. The molecule has 0 saturated heterocycles. The van der Waals surface area contributed by atoms with E-state index in [9.17, 15) is 9.59 Å². The van der Waals surface area contributed by atoms with Crippen LogP contribution in [0.2, 0.25) is 0 Å². The van der Waals surface area contributed by atoms with Gasteiger partial charge in [-0.2, -0.15) is 0 Å². The van der Waals surface area contributed by atoms with E-state index in [2.05, 4.69) is 10.3 Å². The second-order valence-corrected chi connectivity index (χ2v) is 5.57. The maximum Gasteiger partial charge on any atom is 0.338 e. The molecule has 0 radical (unpaired) electrons. The first kappa shape index (κ1) is 17.4. The van der Waals surface area contributed by atoms with Gasteiger partial charge < -0.3 is 10.1 Å². The molecule has 130 valence electrons. The molecule has 1 amide bonds. The van der Waals surface area contributed by atoms with Gasteiger partial charge in [0.25, 0.3) is 5.91 Å². The van der Waals surface area contributed by atoms with Gasteiger partial charge in [-0.15, -0.1) is 0 Å². The fourth-order valence-corrected chi connectivity index (χ4v) is 2.43. The van der Waals surface area contributed by atoms with Crippen LogP contribution in [0.3, 0.4) is 0 Å². The minimum atomic E-state index is -0.414. The fraction of sp³-hybridized carbons (Fsp3) is 0.0952. The minimum absolute atomic E-state index is 0.107. The first-order valence-corrected chi connectivity index (χ1v) is 8.25. The van der Waals surface area contributed by atoms with Crippen LogP contribution in [0.25, 0.3) is 11.1 Å². The Bertz CT molecular complexity index is 863. The molecule has 0 spiro atoms. The summed E-state index contributed by atoms with van der Waals surface area (Å²) in [7, 11) is 0. The molecule has 0 fully saturated rings. The summed E-state index contributed by atoms with van der Waals surface area (Å²) in [5.41, 5.74) is 3.12. The van der Waals surface area contributed by atoms with E-state index in [-0.39, 0.29) is 19.1 Å². The molecule has 0 bridgehead atoms. The topological polar surface area (TPSA) is 68.3 Å². The number of aromatic nitrogens is 1. The Kier molecular flexibility index (Phi) is 5.72. The molecule has 0 unspecified atom stereocenters. The molecular formula is C21H18N2O3. The molecule has 0 atom stereocenters. The van der Waals surface area contributed by atoms with Crippen molar-refractivity contribution in [1.29, 1.82) is 0 Å². The molecule has 0 saturated carbocycles. The van der Waals surface area contributed by atoms with Crippen molar-refractivity contribution in [1.82, 2.24) is 10.3 Å². The van der Waals surface area contributed by atoms with Crippen LogP contribution in [0.15, 0.2) is 79.1 Å². The van der Waals surface area contributed by atoms with Crippen LogP contribution in [0, 0.1) is 0 Å². The Morgan fingerprint density at radius 3 is 2.15 bits per heavy atom. The van der Waals surface area contributed by atoms with Crippen molar-refractivity contribution in [2.24, 2.45) is 0 Å². The van der Waals surface area contributed by atoms with E-state index in [1.165, 1.54) is 0 Å². The maximum absolute atomic E-state index is 12.1. The van der Waals surface area contributed by atoms with Crippen molar-refractivity contribution in [2.75, 3.05) is 13.2 Å². The summed E-state index contributed by atoms with van der Waals surface area (Å²) >= 11 is 0. The molecule has 0 aliphatic rings. The summed E-state index contributed by atoms with van der Waals surface area (Å²) in [5, 5.41) is 2.69. The Morgan fingerprint density at radius 1 is 0.808 bits per heavy atom. The van der Waals surface area contributed by atoms with Crippen molar-refractivity contribution in [3.8, 4) is 11.1 Å². The second-order valence-electron chi connectivity index (χ2n) is 5.57. The minimum Gasteiger partial charge on any atom is -0.460 e. The van der Waals surface area contributed by atoms with Gasteiger partial charge in [0.15, 0.2) is 0 Å². The van der Waals surface area contributed by atoms with Gasteiger partial charge in [-0.1, -0.05) is 42.5 Å². The van der Waals surface area contributed by atoms with Crippen LogP contribution < -0.4 is 5.32 Å². The van der Waals surface area contributed by atoms with E-state index in [1.54, 1.807) is 36.7 Å². The quantitative estimate of drug-likeness (QED) is 0.549. The molecule has 5 heteroatoms. The first-order chi connectivity index (χ1) is 12.7. The Labute approximate surface area is 151 Å². The lowest BCUT2D eigenvalue weighted by Crippen LogP contribution is -2.28. The molecule has 26 heavy (non-hydrogen) atoms. The number of hydrogen-bond acceptors (Lipinski definition) is 4. The van der Waals surface area contributed by atoms with Gasteiger partial charge in [0.1, 0.15) is 6.61 Å². The summed E-state index contributed by atoms with van der Waals surface area (Å²) in [6.07, 6.45) is 3.10. The van der Waals surface area contributed by atoms with Crippen LogP contribution in [0.5, 0.6) is 0 Å². The maximum atomic E-state index is 12.1. The van der Waals surface area contributed by atoms with Gasteiger partial charge in [-0.05, 0) is 35.4 Å². The smallest absolute Gasteiger partial charge is 0.338 e. The average molecular weight is 346 g/mol. The van der Waals surface area contributed by atoms with Gasteiger partial charge in [0.2, 0.25) is 0 Å². The van der Waals surface area contributed by atoms with Gasteiger partial charge in [-0.3, -0.25) is 9.78 Å². The number of amides is 1. The standard InChI is InChI=1S/C21H18N2O3/c24-20(18-10-12-22-13-11-18)23-14-15-26-21(25)19-8-6-17(7-9-19)16-4-2-1-3-5-16/h1-13H,14-15H2,(H,23,24). The van der Waals surface area contributed by atoms with E-state index in [0.29, 0.717) is 11.1 Å². The zero-order chi connectivity index (χ0) is 18.2. The molecular weight excluding hydrogens is 328 g/mol. The molecule has 3 aromatic rings. The monoisotopic (exact) mass is 346 g/mol. The largest absolute Gasteiger partial charge is 0.460 e. The van der Waals surface area contributed by atoms with Crippen LogP contribution in [-0.2, 0) is 4.74 Å². The zero-order valence-corrected chi connectivity index (χ0v) is 14.1. The number of nitrogens with zero attached hydrogens (tertiary/aromatic N) is 1. The molecule has 1 heterocycles. The van der Waals surface area contributed by atoms with E-state index < -0.39 is 5.97 Å². The second kappa shape index (κ2) is 8.58. The van der Waals surface area contributed by atoms with Crippen LogP contribution in [-0.4, -0.2) is 30.0 Å². The highest BCUT2D eigenvalue weighted by atomic mass is 16.5. The lowest BCUT2D eigenvalue weighted by atomic mass is 10.0. The SMILES string of the molecule is O=C(NCCOC(=O)c1ccc(-c2ccccc2)cc1)c1ccncc1. The van der Waals surface area contributed by atoms with E-state index in [1.807, 2.05) is 42.5 Å². The van der Waals surface area contributed by atoms with Crippen molar-refractivity contribution in [2.45, 2.75) is 0 Å². The fourth-order valence-electron chi connectivity index (χ4n) is 2.43. The number of esters is 1. The Morgan fingerprint density at radius 2 is 1.46 bits per heavy atom. The summed E-state index contributed by atoms with van der Waals surface area (Å²) in [5.74, 6) is -0.640. The van der Waals surface area contributed by atoms with E-state index >= 15 is 0 Å². The third-order valence-electron chi connectivity index (χ3n) is 3.79. The molecule has 3 rings (SSSR count). The first-order valence-electron chi connectivity index (χ1n) is 8.25. The number of benzene rings is 2. The molecule has 0 aliphatic heterocycles. The highest BCUT2D eigenvalue weighted by molar-refractivity contribution is 5.94. The number of ether oxygens (including phenoxy) is 1. The van der Waals surface area contributed by atoms with E-state index in [0.717, 1.165) is 11.1 Å². The number of nitrogens with one attached hydrogen (secondary N) is 1. The highest BCUT2D eigenvalue weighted by Crippen LogP contribution is 2.19. The number of hydrogen-bond donors (Lipinski definition) is 1. The van der Waals surface area contributed by atoms with Crippen molar-refractivity contribution >= 4 is 11.9 Å². The highest BCUT2D eigenvalue weighted by Gasteiger charge is 2.08. The van der Waals surface area contributed by atoms with Crippen molar-refractivity contribution in [3.05, 3.63) is 90.3 Å². The lowest BCUT2D eigenvalue weighted by Gasteiger charge is -2.07. The Balaban J connectivity index is 1.47. The molecule has 5 nitrogen and oxygen atoms in total. The molecule has 2 aromatic carbocycles. The third-order valence-corrected chi connectivity index (χ3v) is 3.79. The number of pyridine rings is 1. The number of carbonyl (C=O) groups excluding carboxylic acids is 2. The van der Waals surface area contributed by atoms with Crippen molar-refractivity contribution in [3.63, 3.8) is 0 Å². The van der Waals surface area contributed by atoms with Gasteiger partial charge in [0.05, 0.1) is 12.1 Å². The average Bonchev–Trinajstić information content (AvgIpc) is 2.72. The predicted octanol–water partition coefficient (Wildman–Crippen LogP) is 3.34. The normalized spacial score (nSPS) is 10.2. The summed E-state index contributed by atoms with van der Waals surface area (Å²) in [6, 6.07) is 20.4. The number of rotatable bonds is 6. The van der Waals surface area contributed by atoms with Gasteiger partial charge >= 0.3 is 5.97 Å². The molecule has 0 aliphatic carbocycles. The summed E-state index contributed by atoms with van der Waals surface area (Å²) in [6.45, 7) is 0.352. The summed E-state index contributed by atoms with van der Waals surface area (Å²) in [4.78, 5) is 27.8. The van der Waals surface area contributed by atoms with Gasteiger partial charge in [-0.25, -0.2) is 4.79 Å². The third kappa shape index (κ3) is 4.54. The lowest BCUT2D eigenvalue weighted by molar-refractivity contribution is 0.0503. The van der Waals surface area contributed by atoms with Crippen LogP contribution in [0.1, 0.15) is 20.7 Å². The van der Waals surface area contributed by atoms with Gasteiger partial charge in [0, 0.05) is 18.0 Å². The number of carbonyl (C=O) groups is 2. The Hall–Kier alpha value is -3.47. The molecule has 1 N–H and O–H groups in total. The predicted molar refractivity (Wildman–Crippen MR) is 98.7 cm³/mol. The van der Waals surface area contributed by atoms with Crippen LogP contribution in [0.4, 0.5) is 0 Å². The van der Waals surface area contributed by atoms with Crippen molar-refractivity contribution < 1.29 is 14.3 Å². The zero-order valence-electron chi connectivity index (χ0n) is 14.1.